The number of hydrogen-bond donors (Lipinski definition) is 0. The van der Waals surface area contributed by atoms with E-state index in [4.69, 9.17) is 0 Å². The molecule has 0 aromatic heterocycles. The van der Waals surface area contributed by atoms with Crippen molar-refractivity contribution < 1.29 is 17.9 Å². The van der Waals surface area contributed by atoms with Gasteiger partial charge in [0.2, 0.25) is 5.82 Å². The van der Waals surface area contributed by atoms with Gasteiger partial charge in [0.15, 0.2) is 17.4 Å². The van der Waals surface area contributed by atoms with Crippen LogP contribution in [0.25, 0.3) is 0 Å². The second-order valence-electron chi connectivity index (χ2n) is 2.58. The third-order valence-electron chi connectivity index (χ3n) is 1.84. The Morgan fingerprint density at radius 1 is 1.08 bits per heavy atom. The van der Waals surface area contributed by atoms with E-state index in [1.165, 1.54) is 6.92 Å². The molecule has 0 heterocycles. The van der Waals surface area contributed by atoms with Crippen LogP contribution in [0.5, 0.6) is 5.75 Å². The number of benzene rings is 1. The van der Waals surface area contributed by atoms with E-state index in [0.717, 1.165) is 7.11 Å². The van der Waals surface area contributed by atoms with E-state index in [2.05, 4.69) is 11.7 Å². The van der Waals surface area contributed by atoms with E-state index < -0.39 is 23.2 Å². The number of hydrogen-bond acceptors (Lipinski definition) is 1. The molecule has 71 valence electrons. The summed E-state index contributed by atoms with van der Waals surface area (Å²) in [6, 6.07) is 0. The average molecular weight is 189 g/mol. The summed E-state index contributed by atoms with van der Waals surface area (Å²) in [6.45, 7) is 4.51. The van der Waals surface area contributed by atoms with E-state index in [9.17, 15) is 13.2 Å². The average Bonchev–Trinajstić information content (AvgIpc) is 2.13. The van der Waals surface area contributed by atoms with Crippen LogP contribution in [0, 0.1) is 31.3 Å². The third-order valence-corrected chi connectivity index (χ3v) is 1.84. The van der Waals surface area contributed by atoms with Gasteiger partial charge in [-0.25, -0.2) is 8.78 Å². The SMILES string of the molecule is [CH2]c1c(C)c(F)c(OC)c(F)c1F. The van der Waals surface area contributed by atoms with Crippen LogP contribution in [0.2, 0.25) is 0 Å². The highest BCUT2D eigenvalue weighted by atomic mass is 19.2. The van der Waals surface area contributed by atoms with E-state index in [-0.39, 0.29) is 11.1 Å². The molecule has 0 spiro atoms. The molecule has 4 heteroatoms. The zero-order valence-electron chi connectivity index (χ0n) is 7.25. The zero-order valence-corrected chi connectivity index (χ0v) is 7.25. The standard InChI is InChI=1S/C9H8F3O/c1-4-5(2)7(11)9(13-3)8(12)6(4)10/h1H2,2-3H3. The largest absolute Gasteiger partial charge is 0.491 e. The Kier molecular flexibility index (Phi) is 2.50. The minimum Gasteiger partial charge on any atom is -0.491 e. The molecule has 0 amide bonds. The summed E-state index contributed by atoms with van der Waals surface area (Å²) in [7, 11) is 1.07. The van der Waals surface area contributed by atoms with Gasteiger partial charge in [-0.3, -0.25) is 0 Å². The fourth-order valence-electron chi connectivity index (χ4n) is 0.975. The van der Waals surface area contributed by atoms with Gasteiger partial charge >= 0.3 is 0 Å². The van der Waals surface area contributed by atoms with Crippen molar-refractivity contribution in [3.05, 3.63) is 35.5 Å². The van der Waals surface area contributed by atoms with E-state index in [1.54, 1.807) is 0 Å². The maximum absolute atomic E-state index is 13.1. The molecular weight excluding hydrogens is 181 g/mol. The van der Waals surface area contributed by atoms with Crippen LogP contribution in [-0.4, -0.2) is 7.11 Å². The maximum Gasteiger partial charge on any atom is 0.203 e. The maximum atomic E-state index is 13.1. The van der Waals surface area contributed by atoms with Gasteiger partial charge in [0, 0.05) is 0 Å². The molecule has 13 heavy (non-hydrogen) atoms. The summed E-state index contributed by atoms with van der Waals surface area (Å²) in [5.74, 6) is -4.12. The Labute approximate surface area is 74.1 Å². The first-order chi connectivity index (χ1) is 6.00. The van der Waals surface area contributed by atoms with Gasteiger partial charge in [0.1, 0.15) is 0 Å². The van der Waals surface area contributed by atoms with Crippen LogP contribution < -0.4 is 4.74 Å². The van der Waals surface area contributed by atoms with Crippen molar-refractivity contribution in [1.29, 1.82) is 0 Å². The topological polar surface area (TPSA) is 9.23 Å². The molecule has 0 aliphatic carbocycles. The Morgan fingerprint density at radius 3 is 2.08 bits per heavy atom. The summed E-state index contributed by atoms with van der Waals surface area (Å²) in [5.41, 5.74) is -0.327. The molecule has 0 saturated heterocycles. The Bertz CT molecular complexity index is 318. The molecule has 0 fully saturated rings. The van der Waals surface area contributed by atoms with Crippen molar-refractivity contribution in [3.63, 3.8) is 0 Å². The van der Waals surface area contributed by atoms with Crippen molar-refractivity contribution in [1.82, 2.24) is 0 Å². The molecular formula is C9H8F3O. The number of ether oxygens (including phenoxy) is 1. The molecule has 0 unspecified atom stereocenters. The van der Waals surface area contributed by atoms with Crippen LogP contribution in [0.4, 0.5) is 13.2 Å². The quantitative estimate of drug-likeness (QED) is 0.617. The first-order valence-electron chi connectivity index (χ1n) is 3.53. The normalized spacial score (nSPS) is 10.3. The smallest absolute Gasteiger partial charge is 0.203 e. The van der Waals surface area contributed by atoms with Crippen LogP contribution in [0.3, 0.4) is 0 Å². The first kappa shape index (κ1) is 9.89. The van der Waals surface area contributed by atoms with Gasteiger partial charge in [-0.2, -0.15) is 4.39 Å². The van der Waals surface area contributed by atoms with Crippen molar-refractivity contribution >= 4 is 0 Å². The summed E-state index contributed by atoms with van der Waals surface area (Å²) >= 11 is 0. The molecule has 1 nitrogen and oxygen atoms in total. The molecule has 1 aromatic carbocycles. The van der Waals surface area contributed by atoms with Crippen molar-refractivity contribution in [2.45, 2.75) is 6.92 Å². The molecule has 0 atom stereocenters. The number of halogens is 3. The van der Waals surface area contributed by atoms with Crippen LogP contribution in [-0.2, 0) is 0 Å². The monoisotopic (exact) mass is 189 g/mol. The minimum absolute atomic E-state index is 0.0456. The molecule has 0 bridgehead atoms. The lowest BCUT2D eigenvalue weighted by atomic mass is 10.1. The second-order valence-corrected chi connectivity index (χ2v) is 2.58. The van der Waals surface area contributed by atoms with Crippen molar-refractivity contribution in [3.8, 4) is 5.75 Å². The molecule has 0 aliphatic rings. The van der Waals surface area contributed by atoms with Crippen LogP contribution >= 0.6 is 0 Å². The van der Waals surface area contributed by atoms with Gasteiger partial charge in [0.25, 0.3) is 0 Å². The third kappa shape index (κ3) is 1.36. The molecule has 0 saturated carbocycles. The Balaban J connectivity index is 3.56. The van der Waals surface area contributed by atoms with E-state index >= 15 is 0 Å². The van der Waals surface area contributed by atoms with Gasteiger partial charge in [-0.05, 0) is 25.0 Å². The number of rotatable bonds is 1. The molecule has 0 aliphatic heterocycles. The molecule has 1 aromatic rings. The van der Waals surface area contributed by atoms with Crippen LogP contribution in [0.1, 0.15) is 11.1 Å². The highest BCUT2D eigenvalue weighted by Crippen LogP contribution is 2.29. The van der Waals surface area contributed by atoms with Gasteiger partial charge < -0.3 is 4.74 Å². The van der Waals surface area contributed by atoms with Gasteiger partial charge in [-0.1, -0.05) is 0 Å². The predicted molar refractivity (Wildman–Crippen MR) is 42.1 cm³/mol. The summed E-state index contributed by atoms with van der Waals surface area (Å²) in [5, 5.41) is 0. The first-order valence-corrected chi connectivity index (χ1v) is 3.53. The predicted octanol–water partition coefficient (Wildman–Crippen LogP) is 2.60. The van der Waals surface area contributed by atoms with Gasteiger partial charge in [-0.15, -0.1) is 0 Å². The summed E-state index contributed by atoms with van der Waals surface area (Å²) < 4.78 is 43.4. The fourth-order valence-corrected chi connectivity index (χ4v) is 0.975. The van der Waals surface area contributed by atoms with Crippen molar-refractivity contribution in [2.75, 3.05) is 7.11 Å². The number of methoxy groups -OCH3 is 1. The van der Waals surface area contributed by atoms with E-state index in [1.807, 2.05) is 0 Å². The molecule has 0 N–H and O–H groups in total. The zero-order chi connectivity index (χ0) is 10.2. The van der Waals surface area contributed by atoms with Crippen molar-refractivity contribution in [2.24, 2.45) is 0 Å². The lowest BCUT2D eigenvalue weighted by molar-refractivity contribution is 0.344. The highest BCUT2D eigenvalue weighted by molar-refractivity contribution is 5.40. The Hall–Kier alpha value is -1.19. The lowest BCUT2D eigenvalue weighted by Crippen LogP contribution is -2.02. The lowest BCUT2D eigenvalue weighted by Gasteiger charge is -2.09. The Morgan fingerprint density at radius 2 is 1.62 bits per heavy atom. The molecule has 1 rings (SSSR count). The fraction of sp³-hybridized carbons (Fsp3) is 0.222. The molecule has 1 radical (unpaired) electrons. The summed E-state index contributed by atoms with van der Waals surface area (Å²) in [6.07, 6.45) is 0. The van der Waals surface area contributed by atoms with E-state index in [0.29, 0.717) is 0 Å². The minimum atomic E-state index is -1.34. The van der Waals surface area contributed by atoms with Gasteiger partial charge in [0.05, 0.1) is 7.11 Å². The summed E-state index contributed by atoms with van der Waals surface area (Å²) in [4.78, 5) is 0. The van der Waals surface area contributed by atoms with Crippen LogP contribution in [0.15, 0.2) is 0 Å². The second kappa shape index (κ2) is 3.28. The highest BCUT2D eigenvalue weighted by Gasteiger charge is 2.20.